The third-order valence-corrected chi connectivity index (χ3v) is 6.19. The molecule has 2 aliphatic carbocycles. The molecule has 2 radical (unpaired) electrons. The van der Waals surface area contributed by atoms with Gasteiger partial charge in [0.25, 0.3) is 0 Å². The first-order valence-corrected chi connectivity index (χ1v) is 11.2. The summed E-state index contributed by atoms with van der Waals surface area (Å²) in [7, 11) is 0. The van der Waals surface area contributed by atoms with Crippen molar-refractivity contribution in [1.29, 1.82) is 0 Å². The van der Waals surface area contributed by atoms with E-state index in [0.717, 1.165) is 21.7 Å². The van der Waals surface area contributed by atoms with Gasteiger partial charge in [-0.15, -0.1) is 25.3 Å². The van der Waals surface area contributed by atoms with Crippen LogP contribution < -0.4 is 0 Å². The molecular formula is C18H34N2S4Te. The second kappa shape index (κ2) is 15.2. The van der Waals surface area contributed by atoms with Gasteiger partial charge in [-0.1, -0.05) is 63.0 Å². The number of nitrogens with zero attached hydrogens (tertiary/aromatic N) is 2. The zero-order valence-electron chi connectivity index (χ0n) is 15.7. The second-order valence-electron chi connectivity index (χ2n) is 6.72. The average molecular weight is 534 g/mol. The Morgan fingerprint density at radius 2 is 1.00 bits per heavy atom. The molecule has 0 aromatic carbocycles. The van der Waals surface area contributed by atoms with E-state index in [1.54, 1.807) is 0 Å². The molecule has 0 atom stereocenters. The minimum atomic E-state index is 0. The van der Waals surface area contributed by atoms with Gasteiger partial charge in [0.1, 0.15) is 8.64 Å². The van der Waals surface area contributed by atoms with Crippen LogP contribution in [0.15, 0.2) is 0 Å². The SMILES string of the molecule is CCN(C(=S)S)C1CCCCC1.CCN(C(=S)S)C1CCCCC1.[Te]. The number of thiol groups is 2. The van der Waals surface area contributed by atoms with Crippen molar-refractivity contribution in [2.24, 2.45) is 0 Å². The maximum Gasteiger partial charge on any atom is 0.133 e. The molecular weight excluding hydrogens is 500 g/mol. The van der Waals surface area contributed by atoms with Crippen LogP contribution in [0.1, 0.15) is 78.1 Å². The number of rotatable bonds is 4. The summed E-state index contributed by atoms with van der Waals surface area (Å²) in [6.45, 7) is 6.31. The van der Waals surface area contributed by atoms with Crippen molar-refractivity contribution in [1.82, 2.24) is 9.80 Å². The van der Waals surface area contributed by atoms with Crippen molar-refractivity contribution in [3.05, 3.63) is 0 Å². The standard InChI is InChI=1S/2C9H17NS2.Te/c2*1-2-10(9(11)12)8-6-4-3-5-7-8;/h2*8H,2-7H2,1H3,(H,11,12);. The molecule has 0 saturated heterocycles. The van der Waals surface area contributed by atoms with Gasteiger partial charge in [0.2, 0.25) is 0 Å². The molecule has 2 rings (SSSR count). The van der Waals surface area contributed by atoms with Gasteiger partial charge in [0.15, 0.2) is 0 Å². The van der Waals surface area contributed by atoms with Crippen LogP contribution in [-0.4, -0.2) is 67.3 Å². The normalized spacial score (nSPS) is 18.4. The van der Waals surface area contributed by atoms with Gasteiger partial charge in [-0.2, -0.15) is 0 Å². The summed E-state index contributed by atoms with van der Waals surface area (Å²) in [6.07, 6.45) is 13.4. The van der Waals surface area contributed by atoms with Gasteiger partial charge in [-0.3, -0.25) is 0 Å². The molecule has 0 bridgehead atoms. The van der Waals surface area contributed by atoms with Crippen LogP contribution >= 0.6 is 49.7 Å². The zero-order chi connectivity index (χ0) is 17.9. The van der Waals surface area contributed by atoms with E-state index in [4.69, 9.17) is 24.4 Å². The largest absolute Gasteiger partial charge is 0.355 e. The van der Waals surface area contributed by atoms with E-state index in [0.29, 0.717) is 12.1 Å². The minimum Gasteiger partial charge on any atom is -0.355 e. The zero-order valence-corrected chi connectivity index (χ0v) is 21.4. The van der Waals surface area contributed by atoms with Crippen molar-refractivity contribution in [3.8, 4) is 0 Å². The van der Waals surface area contributed by atoms with Crippen LogP contribution in [0, 0.1) is 0 Å². The summed E-state index contributed by atoms with van der Waals surface area (Å²) < 4.78 is 1.54. The quantitative estimate of drug-likeness (QED) is 0.286. The summed E-state index contributed by atoms with van der Waals surface area (Å²) >= 11 is 18.7. The monoisotopic (exact) mass is 536 g/mol. The van der Waals surface area contributed by atoms with Crippen molar-refractivity contribution in [2.45, 2.75) is 90.1 Å². The molecule has 7 heteroatoms. The summed E-state index contributed by atoms with van der Waals surface area (Å²) in [4.78, 5) is 4.50. The number of hydrogen-bond donors (Lipinski definition) is 2. The Labute approximate surface area is 193 Å². The van der Waals surface area contributed by atoms with Crippen LogP contribution in [0.2, 0.25) is 0 Å². The fourth-order valence-electron chi connectivity index (χ4n) is 3.88. The van der Waals surface area contributed by atoms with Crippen molar-refractivity contribution in [2.75, 3.05) is 13.1 Å². The molecule has 2 nitrogen and oxygen atoms in total. The van der Waals surface area contributed by atoms with Gasteiger partial charge in [0, 0.05) is 48.8 Å². The predicted molar refractivity (Wildman–Crippen MR) is 127 cm³/mol. The Hall–Kier alpha value is 1.27. The fraction of sp³-hybridized carbons (Fsp3) is 0.889. The van der Waals surface area contributed by atoms with Gasteiger partial charge in [-0.25, -0.2) is 0 Å². The van der Waals surface area contributed by atoms with Crippen LogP contribution in [0.4, 0.5) is 0 Å². The summed E-state index contributed by atoms with van der Waals surface area (Å²) in [5.74, 6) is 0. The topological polar surface area (TPSA) is 6.48 Å². The number of thiocarbonyl (C=S) groups is 2. The second-order valence-corrected chi connectivity index (χ2v) is 8.95. The van der Waals surface area contributed by atoms with Crippen molar-refractivity contribution in [3.63, 3.8) is 0 Å². The predicted octanol–water partition coefficient (Wildman–Crippen LogP) is 5.33. The molecule has 0 aromatic rings. The first-order valence-electron chi connectivity index (χ1n) is 9.50. The first-order chi connectivity index (χ1) is 11.5. The molecule has 0 aromatic heterocycles. The molecule has 0 spiro atoms. The Morgan fingerprint density at radius 3 is 1.20 bits per heavy atom. The van der Waals surface area contributed by atoms with Crippen molar-refractivity contribution < 1.29 is 0 Å². The maximum atomic E-state index is 5.09. The molecule has 0 amide bonds. The van der Waals surface area contributed by atoms with Gasteiger partial charge >= 0.3 is 0 Å². The van der Waals surface area contributed by atoms with E-state index in [1.807, 2.05) is 0 Å². The Bertz CT molecular complexity index is 347. The average Bonchev–Trinajstić information content (AvgIpc) is 2.58. The Morgan fingerprint density at radius 1 is 0.720 bits per heavy atom. The molecule has 0 heterocycles. The molecule has 2 aliphatic rings. The molecule has 0 aliphatic heterocycles. The van der Waals surface area contributed by atoms with Crippen molar-refractivity contribution >= 4 is 82.0 Å². The van der Waals surface area contributed by atoms with Crippen LogP contribution in [0.3, 0.4) is 0 Å². The Balaban J connectivity index is 0.000000443. The molecule has 2 fully saturated rings. The smallest absolute Gasteiger partial charge is 0.133 e. The summed E-state index contributed by atoms with van der Waals surface area (Å²) in [6, 6.07) is 1.35. The van der Waals surface area contributed by atoms with Crippen LogP contribution in [0.25, 0.3) is 0 Å². The molecule has 2 saturated carbocycles. The van der Waals surface area contributed by atoms with Gasteiger partial charge in [-0.05, 0) is 39.5 Å². The number of hydrogen-bond acceptors (Lipinski definition) is 2. The maximum absolute atomic E-state index is 5.09. The van der Waals surface area contributed by atoms with Crippen LogP contribution in [0.5, 0.6) is 0 Å². The first kappa shape index (κ1) is 26.3. The van der Waals surface area contributed by atoms with Crippen LogP contribution in [-0.2, 0) is 0 Å². The third-order valence-electron chi connectivity index (χ3n) is 5.20. The third kappa shape index (κ3) is 9.85. The summed E-state index contributed by atoms with van der Waals surface area (Å²) in [5, 5.41) is 0. The summed E-state index contributed by atoms with van der Waals surface area (Å²) in [5.41, 5.74) is 0. The van der Waals surface area contributed by atoms with Gasteiger partial charge < -0.3 is 9.80 Å². The van der Waals surface area contributed by atoms with E-state index < -0.39 is 0 Å². The van der Waals surface area contributed by atoms with Gasteiger partial charge in [0.05, 0.1) is 0 Å². The molecule has 146 valence electrons. The Kier molecular flexibility index (Phi) is 16.0. The molecule has 0 unspecified atom stereocenters. The van der Waals surface area contributed by atoms with E-state index >= 15 is 0 Å². The fourth-order valence-corrected chi connectivity index (χ4v) is 5.05. The molecule has 0 N–H and O–H groups in total. The van der Waals surface area contributed by atoms with E-state index in [9.17, 15) is 0 Å². The van der Waals surface area contributed by atoms with E-state index in [2.05, 4.69) is 48.9 Å². The minimum absolute atomic E-state index is 0. The van der Waals surface area contributed by atoms with E-state index in [1.165, 1.54) is 64.2 Å². The molecule has 25 heavy (non-hydrogen) atoms. The van der Waals surface area contributed by atoms with E-state index in [-0.39, 0.29) is 23.7 Å².